The van der Waals surface area contributed by atoms with Crippen LogP contribution in [0.25, 0.3) is 33.2 Å². The van der Waals surface area contributed by atoms with Gasteiger partial charge < -0.3 is 58.5 Å². The number of pyridine rings is 2. The summed E-state index contributed by atoms with van der Waals surface area (Å²) >= 11 is 0. The normalized spacial score (nSPS) is 20.7. The molecule has 0 bridgehead atoms. The van der Waals surface area contributed by atoms with Gasteiger partial charge in [-0.15, -0.1) is 17.0 Å². The van der Waals surface area contributed by atoms with E-state index in [1.807, 2.05) is 51.3 Å². The second-order valence-corrected chi connectivity index (χ2v) is 19.6. The molecule has 4 aromatic rings. The highest BCUT2D eigenvalue weighted by atomic mass is 79.9. The maximum absolute atomic E-state index is 12.6. The molecule has 0 spiro atoms. The highest BCUT2D eigenvalue weighted by Crippen LogP contribution is 2.44. The summed E-state index contributed by atoms with van der Waals surface area (Å²) in [6.07, 6.45) is 6.69. The molecule has 4 aliphatic rings. The molecule has 8 heterocycles. The zero-order valence-electron chi connectivity index (χ0n) is 39.1. The van der Waals surface area contributed by atoms with E-state index < -0.39 is 43.4 Å². The molecule has 0 radical (unpaired) electrons. The molecule has 5 N–H and O–H groups in total. The number of fused-ring (bicyclic) bond motifs is 6. The van der Waals surface area contributed by atoms with Crippen molar-refractivity contribution in [2.45, 2.75) is 106 Å². The maximum Gasteiger partial charge on any atom is 0.552 e. The first-order valence-electron chi connectivity index (χ1n) is 21.8. The fraction of sp³-hybridized carbons (Fsp3) is 0.533. The van der Waals surface area contributed by atoms with Crippen LogP contribution < -0.4 is 14.6 Å². The van der Waals surface area contributed by atoms with Crippen molar-refractivity contribution in [2.24, 2.45) is 23.7 Å². The standard InChI is InChI=1S/C20H26BN3O4.C15H18BN3O2.C10H18O5.BrH/c1-12-6-8-24(19(25)27-20(2,3)4)11-15(12)14-9-21(26)28-16-10-23-18-13(17(14)16)5-7-22-18;1-9-2-4-17-7-12(9)11-6-16(20)21-13-8-19-15-10(14(11)13)3-5-18-15;1-9(2,3)14-7(11)13-8(12)15-10(4,5)6;/h5,7,9-10,12,15,26H,6,8,11H2,1-4H3,(H,22,23);3,5-6,8-9,12,17,20H,2,4,7H2,1H3,(H,18,19);1-6H3;1H/t12-,15?;9-,12?;;/m00../s1. The smallest absolute Gasteiger partial charge is 0.531 e. The Bertz CT molecular complexity index is 2360. The summed E-state index contributed by atoms with van der Waals surface area (Å²) in [6.45, 7) is 23.3. The predicted molar refractivity (Wildman–Crippen MR) is 254 cm³/mol. The predicted octanol–water partition coefficient (Wildman–Crippen LogP) is 8.31. The zero-order valence-corrected chi connectivity index (χ0v) is 40.9. The molecule has 352 valence electrons. The van der Waals surface area contributed by atoms with Crippen molar-refractivity contribution in [3.05, 3.63) is 60.0 Å². The highest BCUT2D eigenvalue weighted by Gasteiger charge is 2.39. The molecule has 0 aromatic carbocycles. The van der Waals surface area contributed by atoms with Gasteiger partial charge in [-0.3, -0.25) is 0 Å². The molecular formula is C45H63B2BrN6O11. The largest absolute Gasteiger partial charge is 0.552 e. The molecule has 65 heavy (non-hydrogen) atoms. The summed E-state index contributed by atoms with van der Waals surface area (Å²) in [6, 6.07) is 3.99. The topological polar surface area (TPSA) is 220 Å². The lowest BCUT2D eigenvalue weighted by molar-refractivity contribution is -0.0294. The van der Waals surface area contributed by atoms with E-state index in [9.17, 15) is 24.4 Å². The van der Waals surface area contributed by atoms with Gasteiger partial charge >= 0.3 is 32.6 Å². The summed E-state index contributed by atoms with van der Waals surface area (Å²) in [4.78, 5) is 51.4. The molecule has 1 amide bonds. The minimum Gasteiger partial charge on any atom is -0.531 e. The van der Waals surface area contributed by atoms with Crippen molar-refractivity contribution >= 4 is 82.8 Å². The Labute approximate surface area is 391 Å². The summed E-state index contributed by atoms with van der Waals surface area (Å²) in [5, 5.41) is 25.7. The molecule has 0 saturated carbocycles. The monoisotopic (exact) mass is 964 g/mol. The number of hydrogen-bond donors (Lipinski definition) is 5. The lowest BCUT2D eigenvalue weighted by atomic mass is 9.72. The van der Waals surface area contributed by atoms with Gasteiger partial charge in [0, 0.05) is 59.8 Å². The van der Waals surface area contributed by atoms with Crippen LogP contribution in [0.2, 0.25) is 0 Å². The summed E-state index contributed by atoms with van der Waals surface area (Å²) in [5.74, 6) is 6.24. The average molecular weight is 966 g/mol. The first kappa shape index (κ1) is 51.0. The van der Waals surface area contributed by atoms with Crippen molar-refractivity contribution in [3.63, 3.8) is 0 Å². The van der Waals surface area contributed by atoms with E-state index in [1.165, 1.54) is 5.57 Å². The minimum atomic E-state index is -1.06. The molecular weight excluding hydrogens is 902 g/mol. The Morgan fingerprint density at radius 2 is 1.18 bits per heavy atom. The molecule has 2 unspecified atom stereocenters. The van der Waals surface area contributed by atoms with Crippen LogP contribution in [0, 0.1) is 23.7 Å². The summed E-state index contributed by atoms with van der Waals surface area (Å²) in [7, 11) is -1.91. The Kier molecular flexibility index (Phi) is 16.2. The van der Waals surface area contributed by atoms with Gasteiger partial charge in [0.05, 0.1) is 12.4 Å². The van der Waals surface area contributed by atoms with Crippen LogP contribution >= 0.6 is 17.0 Å². The van der Waals surface area contributed by atoms with E-state index in [2.05, 4.69) is 43.8 Å². The minimum absolute atomic E-state index is 0. The Morgan fingerprint density at radius 1 is 0.723 bits per heavy atom. The third kappa shape index (κ3) is 13.3. The fourth-order valence-electron chi connectivity index (χ4n) is 8.16. The fourth-order valence-corrected chi connectivity index (χ4v) is 8.16. The number of nitrogens with zero attached hydrogens (tertiary/aromatic N) is 3. The van der Waals surface area contributed by atoms with Crippen LogP contribution in [0.1, 0.15) is 100 Å². The Balaban J connectivity index is 0.000000191. The van der Waals surface area contributed by atoms with Crippen molar-refractivity contribution < 1.29 is 52.7 Å². The molecule has 4 aliphatic heterocycles. The molecule has 2 saturated heterocycles. The van der Waals surface area contributed by atoms with E-state index in [-0.39, 0.29) is 29.0 Å². The second-order valence-electron chi connectivity index (χ2n) is 19.6. The molecule has 2 fully saturated rings. The molecule has 8 rings (SSSR count). The van der Waals surface area contributed by atoms with Crippen molar-refractivity contribution in [1.82, 2.24) is 30.2 Å². The molecule has 4 aromatic heterocycles. The van der Waals surface area contributed by atoms with Gasteiger partial charge in [0.25, 0.3) is 0 Å². The molecule has 17 nitrogen and oxygen atoms in total. The van der Waals surface area contributed by atoms with Gasteiger partial charge in [0.15, 0.2) is 0 Å². The first-order valence-corrected chi connectivity index (χ1v) is 21.8. The Morgan fingerprint density at radius 3 is 1.65 bits per heavy atom. The van der Waals surface area contributed by atoms with Gasteiger partial charge in [-0.2, -0.15) is 0 Å². The number of halogens is 1. The third-order valence-corrected chi connectivity index (χ3v) is 11.0. The lowest BCUT2D eigenvalue weighted by Crippen LogP contribution is -2.46. The molecule has 4 atom stereocenters. The van der Waals surface area contributed by atoms with E-state index in [4.69, 9.17) is 23.5 Å². The molecule has 20 heteroatoms. The van der Waals surface area contributed by atoms with Crippen molar-refractivity contribution in [2.75, 3.05) is 26.2 Å². The number of hydrogen-bond acceptors (Lipinski definition) is 14. The van der Waals surface area contributed by atoms with E-state index in [1.54, 1.807) is 64.8 Å². The van der Waals surface area contributed by atoms with Crippen LogP contribution in [-0.2, 0) is 18.9 Å². The van der Waals surface area contributed by atoms with Crippen LogP contribution in [0.15, 0.2) is 48.9 Å². The first-order chi connectivity index (χ1) is 30.0. The van der Waals surface area contributed by atoms with Gasteiger partial charge in [-0.25, -0.2) is 24.4 Å². The third-order valence-electron chi connectivity index (χ3n) is 11.0. The second kappa shape index (κ2) is 20.6. The van der Waals surface area contributed by atoms with Crippen molar-refractivity contribution in [1.29, 1.82) is 0 Å². The summed E-state index contributed by atoms with van der Waals surface area (Å²) in [5.41, 5.74) is 3.91. The van der Waals surface area contributed by atoms with E-state index in [0.717, 1.165) is 64.7 Å². The number of ether oxygens (including phenoxy) is 4. The van der Waals surface area contributed by atoms with Crippen LogP contribution in [0.3, 0.4) is 0 Å². The maximum atomic E-state index is 12.6. The van der Waals surface area contributed by atoms with Gasteiger partial charge in [0.1, 0.15) is 39.6 Å². The van der Waals surface area contributed by atoms with Crippen LogP contribution in [-0.4, -0.2) is 111 Å². The number of nitrogens with one attached hydrogen (secondary N) is 3. The number of H-pyrrole nitrogens is 2. The van der Waals surface area contributed by atoms with Crippen LogP contribution in [0.4, 0.5) is 14.4 Å². The van der Waals surface area contributed by atoms with Gasteiger partial charge in [-0.1, -0.05) is 13.8 Å². The zero-order chi connectivity index (χ0) is 46.7. The number of aromatic nitrogens is 4. The highest BCUT2D eigenvalue weighted by molar-refractivity contribution is 8.93. The number of carbonyl (C=O) groups is 3. The molecule has 0 aliphatic carbocycles. The van der Waals surface area contributed by atoms with E-state index >= 15 is 0 Å². The number of piperidine rings is 2. The average Bonchev–Trinajstić information content (AvgIpc) is 3.86. The van der Waals surface area contributed by atoms with Crippen LogP contribution in [0.5, 0.6) is 11.5 Å². The number of amides is 1. The quantitative estimate of drug-likeness (QED) is 0.0553. The van der Waals surface area contributed by atoms with Gasteiger partial charge in [-0.05, 0) is 135 Å². The lowest BCUT2D eigenvalue weighted by Gasteiger charge is -2.40. The summed E-state index contributed by atoms with van der Waals surface area (Å²) < 4.78 is 30.5. The van der Waals surface area contributed by atoms with E-state index in [0.29, 0.717) is 42.3 Å². The SMILES string of the molecule is Br.CC(C)(C)OC(=O)OC(=O)OC(C)(C)C.C[C@H]1CCN(C(=O)OC(C)(C)C)CC1C1=CB(O)Oc2cnc3[nH]ccc3c21.C[C@H]1CCNCC1C1=CB(O)Oc2cnc3[nH]ccc3c21. The number of rotatable bonds is 2. The number of likely N-dealkylation sites (tertiary alicyclic amines) is 1. The van der Waals surface area contributed by atoms with Crippen molar-refractivity contribution in [3.8, 4) is 11.5 Å². The number of carbonyl (C=O) groups excluding carboxylic acids is 3. The van der Waals surface area contributed by atoms with Gasteiger partial charge in [0.2, 0.25) is 0 Å². The Hall–Kier alpha value is -5.04. The number of aromatic amines is 2.